The lowest BCUT2D eigenvalue weighted by Crippen LogP contribution is -2.52. The Bertz CT molecular complexity index is 1440. The van der Waals surface area contributed by atoms with Gasteiger partial charge in [-0.05, 0) is 67.1 Å². The highest BCUT2D eigenvalue weighted by molar-refractivity contribution is 7.93. The zero-order valence-electron chi connectivity index (χ0n) is 21.3. The summed E-state index contributed by atoms with van der Waals surface area (Å²) in [5, 5.41) is 0. The molecule has 0 atom stereocenters. The number of piperazine rings is 1. The lowest BCUT2D eigenvalue weighted by molar-refractivity contribution is -0.137. The van der Waals surface area contributed by atoms with Crippen LogP contribution in [0.25, 0.3) is 0 Å². The largest absolute Gasteiger partial charge is 0.495 e. The zero-order valence-corrected chi connectivity index (χ0v) is 22.1. The van der Waals surface area contributed by atoms with Crippen molar-refractivity contribution in [3.63, 3.8) is 0 Å². The highest BCUT2D eigenvalue weighted by atomic mass is 32.2. The van der Waals surface area contributed by atoms with Crippen LogP contribution in [0.4, 0.5) is 28.9 Å². The molecule has 7 nitrogen and oxygen atoms in total. The van der Waals surface area contributed by atoms with Crippen molar-refractivity contribution in [2.24, 2.45) is 0 Å². The molecular formula is C27H27F4N3O4S. The average Bonchev–Trinajstić information content (AvgIpc) is 2.91. The Morgan fingerprint density at radius 3 is 2.26 bits per heavy atom. The molecule has 208 valence electrons. The second kappa shape index (κ2) is 11.1. The second-order valence-corrected chi connectivity index (χ2v) is 10.9. The van der Waals surface area contributed by atoms with Gasteiger partial charge in [-0.2, -0.15) is 13.2 Å². The molecule has 4 rings (SSSR count). The zero-order chi connectivity index (χ0) is 28.4. The number of alkyl halides is 3. The molecule has 1 aliphatic rings. The van der Waals surface area contributed by atoms with E-state index in [1.54, 1.807) is 25.1 Å². The minimum absolute atomic E-state index is 0.00191. The smallest absolute Gasteiger partial charge is 0.416 e. The average molecular weight is 566 g/mol. The van der Waals surface area contributed by atoms with Crippen LogP contribution in [0.3, 0.4) is 0 Å². The van der Waals surface area contributed by atoms with E-state index >= 15 is 0 Å². The van der Waals surface area contributed by atoms with Crippen molar-refractivity contribution in [3.8, 4) is 5.75 Å². The van der Waals surface area contributed by atoms with E-state index in [0.29, 0.717) is 29.0 Å². The molecule has 1 amide bonds. The molecule has 1 heterocycles. The molecule has 0 aromatic heterocycles. The lowest BCUT2D eigenvalue weighted by atomic mass is 10.2. The summed E-state index contributed by atoms with van der Waals surface area (Å²) in [6, 6.07) is 14.2. The van der Waals surface area contributed by atoms with Gasteiger partial charge in [0, 0.05) is 31.9 Å². The number of aryl methyl sites for hydroxylation is 1. The number of hydrogen-bond donors (Lipinski definition) is 0. The highest BCUT2D eigenvalue weighted by Gasteiger charge is 2.35. The van der Waals surface area contributed by atoms with Crippen LogP contribution >= 0.6 is 0 Å². The third-order valence-corrected chi connectivity index (χ3v) is 8.25. The normalized spacial score (nSPS) is 14.3. The number of halogens is 4. The Labute approximate surface area is 224 Å². The Morgan fingerprint density at radius 2 is 1.64 bits per heavy atom. The molecular weight excluding hydrogens is 538 g/mol. The van der Waals surface area contributed by atoms with Crippen molar-refractivity contribution in [1.82, 2.24) is 4.90 Å². The minimum atomic E-state index is -4.72. The molecule has 0 radical (unpaired) electrons. The molecule has 3 aromatic carbocycles. The van der Waals surface area contributed by atoms with Gasteiger partial charge in [0.2, 0.25) is 5.91 Å². The number of sulfonamides is 1. The molecule has 0 N–H and O–H groups in total. The number of anilines is 2. The van der Waals surface area contributed by atoms with E-state index in [2.05, 4.69) is 0 Å². The molecule has 1 fully saturated rings. The lowest BCUT2D eigenvalue weighted by Gasteiger charge is -2.37. The Hall–Kier alpha value is -3.80. The van der Waals surface area contributed by atoms with Crippen LogP contribution in [-0.2, 0) is 21.0 Å². The van der Waals surface area contributed by atoms with Crippen LogP contribution in [0.15, 0.2) is 71.6 Å². The van der Waals surface area contributed by atoms with Crippen molar-refractivity contribution in [2.45, 2.75) is 18.0 Å². The summed E-state index contributed by atoms with van der Waals surface area (Å²) in [5.74, 6) is -0.937. The standard InChI is InChI=1S/C27H27F4N3O4S/c1-19-6-11-24(38-2)25(16-19)39(36,37)34(23-5-3-4-20(17-23)27(29,30)31)18-26(35)33-14-12-32(13-15-33)22-9-7-21(28)8-10-22/h3-11,16-17H,12-15,18H2,1-2H3. The fourth-order valence-electron chi connectivity index (χ4n) is 4.35. The maximum atomic E-state index is 13.9. The number of amides is 1. The predicted octanol–water partition coefficient (Wildman–Crippen LogP) is 4.71. The van der Waals surface area contributed by atoms with Gasteiger partial charge in [-0.25, -0.2) is 12.8 Å². The number of hydrogen-bond acceptors (Lipinski definition) is 5. The van der Waals surface area contributed by atoms with Gasteiger partial charge in [0.05, 0.1) is 18.4 Å². The van der Waals surface area contributed by atoms with Gasteiger partial charge in [0.1, 0.15) is 23.0 Å². The Morgan fingerprint density at radius 1 is 0.974 bits per heavy atom. The van der Waals surface area contributed by atoms with Gasteiger partial charge < -0.3 is 14.5 Å². The highest BCUT2D eigenvalue weighted by Crippen LogP contribution is 2.35. The van der Waals surface area contributed by atoms with Crippen LogP contribution in [0.2, 0.25) is 0 Å². The second-order valence-electron chi connectivity index (χ2n) is 9.06. The number of carbonyl (C=O) groups is 1. The molecule has 0 aliphatic carbocycles. The van der Waals surface area contributed by atoms with E-state index in [4.69, 9.17) is 4.74 Å². The van der Waals surface area contributed by atoms with E-state index in [0.717, 1.165) is 17.8 Å². The number of rotatable bonds is 7. The quantitative estimate of drug-likeness (QED) is 0.389. The monoisotopic (exact) mass is 565 g/mol. The fourth-order valence-corrected chi connectivity index (χ4v) is 5.99. The first-order valence-electron chi connectivity index (χ1n) is 12.0. The SMILES string of the molecule is COc1ccc(C)cc1S(=O)(=O)N(CC(=O)N1CCN(c2ccc(F)cc2)CC1)c1cccc(C(F)(F)F)c1. The summed E-state index contributed by atoms with van der Waals surface area (Å²) >= 11 is 0. The topological polar surface area (TPSA) is 70.2 Å². The summed E-state index contributed by atoms with van der Waals surface area (Å²) < 4.78 is 87.4. The minimum Gasteiger partial charge on any atom is -0.495 e. The predicted molar refractivity (Wildman–Crippen MR) is 139 cm³/mol. The van der Waals surface area contributed by atoms with E-state index < -0.39 is 34.2 Å². The third-order valence-electron chi connectivity index (χ3n) is 6.45. The van der Waals surface area contributed by atoms with Crippen molar-refractivity contribution in [3.05, 3.63) is 83.7 Å². The van der Waals surface area contributed by atoms with Gasteiger partial charge in [-0.3, -0.25) is 9.10 Å². The van der Waals surface area contributed by atoms with Crippen LogP contribution in [-0.4, -0.2) is 59.1 Å². The summed E-state index contributed by atoms with van der Waals surface area (Å²) in [5.41, 5.74) is 0.0215. The summed E-state index contributed by atoms with van der Waals surface area (Å²) in [7, 11) is -3.24. The first-order chi connectivity index (χ1) is 18.4. The Balaban J connectivity index is 1.64. The number of carbonyl (C=O) groups excluding carboxylic acids is 1. The van der Waals surface area contributed by atoms with Gasteiger partial charge in [0.15, 0.2) is 0 Å². The van der Waals surface area contributed by atoms with E-state index in [9.17, 15) is 30.8 Å². The molecule has 3 aromatic rings. The number of benzene rings is 3. The van der Waals surface area contributed by atoms with Crippen molar-refractivity contribution in [1.29, 1.82) is 0 Å². The maximum Gasteiger partial charge on any atom is 0.416 e. The van der Waals surface area contributed by atoms with E-state index in [1.807, 2.05) is 4.90 Å². The fraction of sp³-hybridized carbons (Fsp3) is 0.296. The van der Waals surface area contributed by atoms with Gasteiger partial charge in [0.25, 0.3) is 10.0 Å². The van der Waals surface area contributed by atoms with Gasteiger partial charge >= 0.3 is 6.18 Å². The molecule has 0 saturated carbocycles. The van der Waals surface area contributed by atoms with Crippen molar-refractivity contribution >= 4 is 27.3 Å². The molecule has 1 saturated heterocycles. The summed E-state index contributed by atoms with van der Waals surface area (Å²) in [6.45, 7) is 2.29. The summed E-state index contributed by atoms with van der Waals surface area (Å²) in [4.78, 5) is 16.5. The maximum absolute atomic E-state index is 13.9. The molecule has 12 heteroatoms. The van der Waals surface area contributed by atoms with E-state index in [1.165, 1.54) is 42.3 Å². The molecule has 39 heavy (non-hydrogen) atoms. The van der Waals surface area contributed by atoms with Crippen molar-refractivity contribution in [2.75, 3.05) is 49.0 Å². The molecule has 0 bridgehead atoms. The van der Waals surface area contributed by atoms with E-state index in [-0.39, 0.29) is 35.2 Å². The molecule has 0 unspecified atom stereocenters. The van der Waals surface area contributed by atoms with Crippen LogP contribution in [0.1, 0.15) is 11.1 Å². The van der Waals surface area contributed by atoms with Crippen LogP contribution < -0.4 is 13.9 Å². The van der Waals surface area contributed by atoms with Crippen LogP contribution in [0, 0.1) is 12.7 Å². The summed E-state index contributed by atoms with van der Waals surface area (Å²) in [6.07, 6.45) is -4.72. The first kappa shape index (κ1) is 28.2. The third kappa shape index (κ3) is 6.27. The molecule has 1 aliphatic heterocycles. The van der Waals surface area contributed by atoms with Crippen molar-refractivity contribution < 1.29 is 35.5 Å². The Kier molecular flexibility index (Phi) is 8.05. The van der Waals surface area contributed by atoms with Gasteiger partial charge in [-0.1, -0.05) is 12.1 Å². The molecule has 0 spiro atoms. The van der Waals surface area contributed by atoms with Crippen LogP contribution in [0.5, 0.6) is 5.75 Å². The number of ether oxygens (including phenoxy) is 1. The number of nitrogens with zero attached hydrogens (tertiary/aromatic N) is 3. The van der Waals surface area contributed by atoms with Gasteiger partial charge in [-0.15, -0.1) is 0 Å². The first-order valence-corrected chi connectivity index (χ1v) is 13.5. The number of methoxy groups -OCH3 is 1.